The van der Waals surface area contributed by atoms with Crippen molar-refractivity contribution in [2.75, 3.05) is 10.8 Å². The molecule has 0 radical (unpaired) electrons. The van der Waals surface area contributed by atoms with Crippen LogP contribution in [0.15, 0.2) is 82.2 Å². The second-order valence-electron chi connectivity index (χ2n) is 9.07. The van der Waals surface area contributed by atoms with Gasteiger partial charge in [-0.25, -0.2) is 8.42 Å². The van der Waals surface area contributed by atoms with Crippen LogP contribution in [0, 0.1) is 0 Å². The van der Waals surface area contributed by atoms with Crippen LogP contribution in [0.25, 0.3) is 0 Å². The summed E-state index contributed by atoms with van der Waals surface area (Å²) in [5.74, 6) is -0.892. The number of nitrogens with one attached hydrogen (secondary N) is 1. The van der Waals surface area contributed by atoms with E-state index in [1.54, 1.807) is 25.1 Å². The molecule has 2 amide bonds. The molecule has 0 bridgehead atoms. The lowest BCUT2D eigenvalue weighted by atomic mass is 10.1. The number of carbonyl (C=O) groups is 2. The smallest absolute Gasteiger partial charge is 0.264 e. The molecule has 0 aromatic heterocycles. The van der Waals surface area contributed by atoms with E-state index in [1.807, 2.05) is 38.1 Å². The Kier molecular flexibility index (Phi) is 10.8. The molecule has 0 aliphatic carbocycles. The predicted molar refractivity (Wildman–Crippen MR) is 159 cm³/mol. The molecule has 3 aromatic carbocycles. The van der Waals surface area contributed by atoms with Crippen molar-refractivity contribution in [1.29, 1.82) is 0 Å². The number of halogens is 3. The summed E-state index contributed by atoms with van der Waals surface area (Å²) in [6.45, 7) is 4.99. The first-order valence-electron chi connectivity index (χ1n) is 12.3. The summed E-state index contributed by atoms with van der Waals surface area (Å²) < 4.78 is 29.4. The van der Waals surface area contributed by atoms with Crippen molar-refractivity contribution in [1.82, 2.24) is 10.2 Å². The molecule has 0 heterocycles. The minimum Gasteiger partial charge on any atom is -0.352 e. The van der Waals surface area contributed by atoms with Crippen LogP contribution in [0.2, 0.25) is 10.0 Å². The minimum absolute atomic E-state index is 0.00546. The normalized spacial score (nSPS) is 12.9. The molecule has 7 nitrogen and oxygen atoms in total. The molecule has 3 rings (SSSR count). The first-order valence-corrected chi connectivity index (χ1v) is 15.3. The van der Waals surface area contributed by atoms with Gasteiger partial charge in [-0.05, 0) is 68.3 Å². The van der Waals surface area contributed by atoms with Gasteiger partial charge in [0, 0.05) is 17.1 Å². The van der Waals surface area contributed by atoms with Crippen molar-refractivity contribution < 1.29 is 18.0 Å². The van der Waals surface area contributed by atoms with E-state index in [0.29, 0.717) is 0 Å². The number of anilines is 1. The lowest BCUT2D eigenvalue weighted by Gasteiger charge is -2.32. The Morgan fingerprint density at radius 1 is 0.949 bits per heavy atom. The maximum atomic E-state index is 13.9. The van der Waals surface area contributed by atoms with Gasteiger partial charge in [-0.2, -0.15) is 0 Å². The average molecular weight is 655 g/mol. The van der Waals surface area contributed by atoms with E-state index in [2.05, 4.69) is 21.2 Å². The monoisotopic (exact) mass is 653 g/mol. The summed E-state index contributed by atoms with van der Waals surface area (Å²) in [7, 11) is -4.18. The number of rotatable bonds is 11. The molecule has 39 heavy (non-hydrogen) atoms. The average Bonchev–Trinajstić information content (AvgIpc) is 2.92. The van der Waals surface area contributed by atoms with E-state index in [1.165, 1.54) is 35.2 Å². The number of nitrogens with zero attached hydrogens (tertiary/aromatic N) is 2. The lowest BCUT2D eigenvalue weighted by Crippen LogP contribution is -2.52. The highest BCUT2D eigenvalue weighted by Gasteiger charge is 2.33. The van der Waals surface area contributed by atoms with Crippen molar-refractivity contribution >= 4 is 66.7 Å². The quantitative estimate of drug-likeness (QED) is 0.264. The van der Waals surface area contributed by atoms with E-state index in [4.69, 9.17) is 23.2 Å². The molecule has 3 aromatic rings. The van der Waals surface area contributed by atoms with E-state index in [9.17, 15) is 18.0 Å². The number of hydrogen-bond acceptors (Lipinski definition) is 4. The molecule has 0 aliphatic rings. The molecule has 0 saturated heterocycles. The first kappa shape index (κ1) is 30.9. The molecule has 0 saturated carbocycles. The summed E-state index contributed by atoms with van der Waals surface area (Å²) in [6.07, 6.45) is 0.722. The maximum absolute atomic E-state index is 13.9. The van der Waals surface area contributed by atoms with Gasteiger partial charge in [-0.3, -0.25) is 13.9 Å². The summed E-state index contributed by atoms with van der Waals surface area (Å²) in [4.78, 5) is 28.4. The third kappa shape index (κ3) is 7.97. The van der Waals surface area contributed by atoms with Gasteiger partial charge >= 0.3 is 0 Å². The second kappa shape index (κ2) is 13.7. The van der Waals surface area contributed by atoms with Gasteiger partial charge in [0.25, 0.3) is 10.0 Å². The van der Waals surface area contributed by atoms with Crippen LogP contribution >= 0.6 is 39.1 Å². The van der Waals surface area contributed by atoms with E-state index >= 15 is 0 Å². The van der Waals surface area contributed by atoms with E-state index in [0.717, 1.165) is 20.8 Å². The van der Waals surface area contributed by atoms with Crippen LogP contribution in [0.3, 0.4) is 0 Å². The van der Waals surface area contributed by atoms with Crippen LogP contribution < -0.4 is 9.62 Å². The van der Waals surface area contributed by atoms with Gasteiger partial charge in [-0.15, -0.1) is 0 Å². The van der Waals surface area contributed by atoms with E-state index in [-0.39, 0.29) is 39.1 Å². The Labute approximate surface area is 248 Å². The van der Waals surface area contributed by atoms with Crippen molar-refractivity contribution in [2.24, 2.45) is 0 Å². The summed E-state index contributed by atoms with van der Waals surface area (Å²) in [5, 5.41) is 3.30. The third-order valence-electron chi connectivity index (χ3n) is 6.24. The zero-order chi connectivity index (χ0) is 28.7. The summed E-state index contributed by atoms with van der Waals surface area (Å²) in [5.41, 5.74) is 0.948. The van der Waals surface area contributed by atoms with Crippen LogP contribution in [0.5, 0.6) is 0 Å². The van der Waals surface area contributed by atoms with Crippen LogP contribution in [0.4, 0.5) is 5.69 Å². The van der Waals surface area contributed by atoms with Crippen molar-refractivity contribution in [2.45, 2.75) is 50.7 Å². The van der Waals surface area contributed by atoms with Crippen molar-refractivity contribution in [3.05, 3.63) is 92.9 Å². The molecule has 0 fully saturated rings. The predicted octanol–water partition coefficient (Wildman–Crippen LogP) is 6.28. The highest BCUT2D eigenvalue weighted by atomic mass is 79.9. The van der Waals surface area contributed by atoms with Crippen LogP contribution in [-0.2, 0) is 26.2 Å². The molecule has 0 unspecified atom stereocenters. The van der Waals surface area contributed by atoms with Gasteiger partial charge in [0.05, 0.1) is 20.6 Å². The van der Waals surface area contributed by atoms with Crippen LogP contribution in [-0.4, -0.2) is 43.8 Å². The highest BCUT2D eigenvalue weighted by Crippen LogP contribution is 2.31. The van der Waals surface area contributed by atoms with Crippen LogP contribution in [0.1, 0.15) is 32.8 Å². The number of benzene rings is 3. The molecule has 0 aliphatic heterocycles. The Morgan fingerprint density at radius 3 is 2.18 bits per heavy atom. The highest BCUT2D eigenvalue weighted by molar-refractivity contribution is 9.10. The minimum atomic E-state index is -4.18. The number of sulfonamides is 1. The fourth-order valence-corrected chi connectivity index (χ4v) is 5.71. The largest absolute Gasteiger partial charge is 0.352 e. The topological polar surface area (TPSA) is 86.8 Å². The Hall–Kier alpha value is -2.59. The Balaban J connectivity index is 2.03. The number of hydrogen-bond donors (Lipinski definition) is 1. The van der Waals surface area contributed by atoms with Gasteiger partial charge in [-0.1, -0.05) is 76.4 Å². The number of amides is 2. The van der Waals surface area contributed by atoms with Gasteiger partial charge < -0.3 is 10.2 Å². The standard InChI is InChI=1S/C28H30BrCl2N3O4S/c1-4-19(2)32-28(36)20(3)33(17-21-10-12-22(29)13-11-21)27(35)18-34(23-14-15-25(30)26(31)16-23)39(37,38)24-8-6-5-7-9-24/h5-16,19-20H,4,17-18H2,1-3H3,(H,32,36)/t19-,20-/m0/s1. The van der Waals surface area contributed by atoms with Gasteiger partial charge in [0.2, 0.25) is 11.8 Å². The first-order chi connectivity index (χ1) is 18.4. The van der Waals surface area contributed by atoms with Gasteiger partial charge in [0.15, 0.2) is 0 Å². The zero-order valence-electron chi connectivity index (χ0n) is 21.8. The molecule has 11 heteroatoms. The summed E-state index contributed by atoms with van der Waals surface area (Å²) in [6, 6.07) is 18.5. The second-order valence-corrected chi connectivity index (χ2v) is 12.7. The van der Waals surface area contributed by atoms with Gasteiger partial charge in [0.1, 0.15) is 12.6 Å². The zero-order valence-corrected chi connectivity index (χ0v) is 25.7. The molecule has 0 spiro atoms. The molecule has 2 atom stereocenters. The molecular weight excluding hydrogens is 625 g/mol. The fourth-order valence-electron chi connectivity index (χ4n) is 3.72. The Bertz CT molecular complexity index is 1410. The Morgan fingerprint density at radius 2 is 1.59 bits per heavy atom. The van der Waals surface area contributed by atoms with Crippen molar-refractivity contribution in [3.63, 3.8) is 0 Å². The summed E-state index contributed by atoms with van der Waals surface area (Å²) >= 11 is 15.7. The number of carbonyl (C=O) groups excluding carboxylic acids is 2. The van der Waals surface area contributed by atoms with E-state index < -0.39 is 28.5 Å². The van der Waals surface area contributed by atoms with Crippen molar-refractivity contribution in [3.8, 4) is 0 Å². The fraction of sp³-hybridized carbons (Fsp3) is 0.286. The maximum Gasteiger partial charge on any atom is 0.264 e. The third-order valence-corrected chi connectivity index (χ3v) is 9.29. The SMILES string of the molecule is CC[C@H](C)NC(=O)[C@H](C)N(Cc1ccc(Br)cc1)C(=O)CN(c1ccc(Cl)c(Cl)c1)S(=O)(=O)c1ccccc1. The molecule has 208 valence electrons. The molecule has 1 N–H and O–H groups in total. The molecular formula is C28H30BrCl2N3O4S. The lowest BCUT2D eigenvalue weighted by molar-refractivity contribution is -0.139.